The van der Waals surface area contributed by atoms with Gasteiger partial charge < -0.3 is 14.9 Å². The first kappa shape index (κ1) is 19.1. The van der Waals surface area contributed by atoms with Crippen LogP contribution in [0.4, 0.5) is 0 Å². The maximum absolute atomic E-state index is 12.3. The van der Waals surface area contributed by atoms with Gasteiger partial charge in [-0.3, -0.25) is 4.79 Å². The average molecular weight is 345 g/mol. The molecule has 0 radical (unpaired) electrons. The van der Waals surface area contributed by atoms with E-state index in [1.165, 1.54) is 0 Å². The fourth-order valence-corrected chi connectivity index (χ4v) is 2.39. The lowest BCUT2D eigenvalue weighted by atomic mass is 9.92. The number of hydrogen-bond donors (Lipinski definition) is 2. The summed E-state index contributed by atoms with van der Waals surface area (Å²) >= 11 is 0. The number of aliphatic hydroxyl groups excluding tert-OH is 1. The fraction of sp³-hybridized carbons (Fsp3) is 0.526. The second kappa shape index (κ2) is 8.25. The molecule has 0 spiro atoms. The highest BCUT2D eigenvalue weighted by Gasteiger charge is 2.18. The van der Waals surface area contributed by atoms with Crippen LogP contribution in [0.15, 0.2) is 28.8 Å². The van der Waals surface area contributed by atoms with E-state index in [2.05, 4.69) is 36.2 Å². The fourth-order valence-electron chi connectivity index (χ4n) is 2.39. The van der Waals surface area contributed by atoms with Crippen molar-refractivity contribution in [3.8, 4) is 11.4 Å². The van der Waals surface area contributed by atoms with Crippen molar-refractivity contribution in [1.82, 2.24) is 15.5 Å². The van der Waals surface area contributed by atoms with E-state index in [-0.39, 0.29) is 23.8 Å². The van der Waals surface area contributed by atoms with Crippen LogP contribution in [0.1, 0.15) is 50.4 Å². The molecule has 1 heterocycles. The first-order valence-electron chi connectivity index (χ1n) is 8.60. The number of carbonyl (C=O) groups is 1. The highest BCUT2D eigenvalue weighted by atomic mass is 16.5. The Bertz CT molecular complexity index is 704. The minimum Gasteiger partial charge on any atom is -0.396 e. The molecule has 6 nitrogen and oxygen atoms in total. The van der Waals surface area contributed by atoms with Crippen LogP contribution in [-0.4, -0.2) is 34.3 Å². The molecule has 0 aliphatic rings. The number of nitrogens with zero attached hydrogens (tertiary/aromatic N) is 2. The summed E-state index contributed by atoms with van der Waals surface area (Å²) in [6.45, 7) is 8.98. The van der Waals surface area contributed by atoms with Gasteiger partial charge in [-0.05, 0) is 29.9 Å². The Balaban J connectivity index is 2.07. The van der Waals surface area contributed by atoms with Gasteiger partial charge >= 0.3 is 0 Å². The van der Waals surface area contributed by atoms with E-state index >= 15 is 0 Å². The van der Waals surface area contributed by atoms with Gasteiger partial charge in [-0.25, -0.2) is 0 Å². The lowest BCUT2D eigenvalue weighted by molar-refractivity contribution is 0.0945. The third-order valence-corrected chi connectivity index (χ3v) is 3.77. The molecule has 1 aromatic heterocycles. The Morgan fingerprint density at radius 2 is 2.12 bits per heavy atom. The van der Waals surface area contributed by atoms with Crippen molar-refractivity contribution < 1.29 is 14.4 Å². The Kier molecular flexibility index (Phi) is 6.31. The predicted molar refractivity (Wildman–Crippen MR) is 96.1 cm³/mol. The molecule has 0 aliphatic carbocycles. The van der Waals surface area contributed by atoms with Gasteiger partial charge in [-0.2, -0.15) is 4.98 Å². The van der Waals surface area contributed by atoms with E-state index in [0.717, 1.165) is 5.56 Å². The summed E-state index contributed by atoms with van der Waals surface area (Å²) in [7, 11) is 0. The first-order valence-corrected chi connectivity index (χ1v) is 8.60. The average Bonchev–Trinajstić information content (AvgIpc) is 2.99. The van der Waals surface area contributed by atoms with Gasteiger partial charge in [0, 0.05) is 30.7 Å². The lowest BCUT2D eigenvalue weighted by Crippen LogP contribution is -2.28. The molecule has 2 N–H and O–H groups in total. The smallest absolute Gasteiger partial charge is 0.251 e. The van der Waals surface area contributed by atoms with Crippen LogP contribution in [0.2, 0.25) is 0 Å². The van der Waals surface area contributed by atoms with Crippen LogP contribution in [0, 0.1) is 11.3 Å². The van der Waals surface area contributed by atoms with E-state index in [9.17, 15) is 4.79 Å². The Morgan fingerprint density at radius 3 is 2.80 bits per heavy atom. The zero-order valence-corrected chi connectivity index (χ0v) is 15.4. The zero-order valence-electron chi connectivity index (χ0n) is 15.4. The lowest BCUT2D eigenvalue weighted by Gasteiger charge is -2.13. The summed E-state index contributed by atoms with van der Waals surface area (Å²) in [5, 5.41) is 15.8. The van der Waals surface area contributed by atoms with E-state index in [1.807, 2.05) is 13.0 Å². The van der Waals surface area contributed by atoms with Crippen LogP contribution in [0.5, 0.6) is 0 Å². The topological polar surface area (TPSA) is 88.2 Å². The number of amides is 1. The first-order chi connectivity index (χ1) is 11.8. The van der Waals surface area contributed by atoms with Gasteiger partial charge in [0.1, 0.15) is 0 Å². The highest BCUT2D eigenvalue weighted by molar-refractivity contribution is 5.95. The summed E-state index contributed by atoms with van der Waals surface area (Å²) in [4.78, 5) is 16.7. The number of hydrogen-bond acceptors (Lipinski definition) is 5. The molecule has 0 saturated carbocycles. The van der Waals surface area contributed by atoms with Gasteiger partial charge in [-0.1, -0.05) is 45.0 Å². The van der Waals surface area contributed by atoms with Crippen LogP contribution in [0.25, 0.3) is 11.4 Å². The second-order valence-electron chi connectivity index (χ2n) is 7.66. The zero-order chi connectivity index (χ0) is 18.4. The molecule has 2 rings (SSSR count). The SMILES string of the molecule is CC(CCO)CNC(=O)c1cccc(-c2noc(CC(C)(C)C)n2)c1. The van der Waals surface area contributed by atoms with Gasteiger partial charge in [0.15, 0.2) is 0 Å². The molecule has 6 heteroatoms. The molecule has 0 aliphatic heterocycles. The molecule has 1 amide bonds. The largest absolute Gasteiger partial charge is 0.396 e. The van der Waals surface area contributed by atoms with Crippen LogP contribution in [0.3, 0.4) is 0 Å². The minimum absolute atomic E-state index is 0.0663. The summed E-state index contributed by atoms with van der Waals surface area (Å²) in [5.41, 5.74) is 1.37. The second-order valence-corrected chi connectivity index (χ2v) is 7.66. The molecule has 0 saturated heterocycles. The van der Waals surface area contributed by atoms with Gasteiger partial charge in [0.2, 0.25) is 11.7 Å². The molecule has 136 valence electrons. The van der Waals surface area contributed by atoms with E-state index in [1.54, 1.807) is 18.2 Å². The molecular weight excluding hydrogens is 318 g/mol. The number of carbonyl (C=O) groups excluding carboxylic acids is 1. The quantitative estimate of drug-likeness (QED) is 0.805. The number of aliphatic hydroxyl groups is 1. The Morgan fingerprint density at radius 1 is 1.36 bits per heavy atom. The van der Waals surface area contributed by atoms with Crippen molar-refractivity contribution in [2.24, 2.45) is 11.3 Å². The predicted octanol–water partition coefficient (Wildman–Crippen LogP) is 3.07. The van der Waals surface area contributed by atoms with E-state index in [4.69, 9.17) is 9.63 Å². The number of rotatable bonds is 7. The van der Waals surface area contributed by atoms with E-state index in [0.29, 0.717) is 36.7 Å². The van der Waals surface area contributed by atoms with E-state index < -0.39 is 0 Å². The monoisotopic (exact) mass is 345 g/mol. The van der Waals surface area contributed by atoms with Gasteiger partial charge in [0.05, 0.1) is 0 Å². The minimum atomic E-state index is -0.148. The van der Waals surface area contributed by atoms with Crippen molar-refractivity contribution in [2.75, 3.05) is 13.2 Å². The maximum Gasteiger partial charge on any atom is 0.251 e. The molecule has 1 aromatic carbocycles. The summed E-state index contributed by atoms with van der Waals surface area (Å²) in [5.74, 6) is 1.16. The molecule has 0 bridgehead atoms. The van der Waals surface area contributed by atoms with Crippen molar-refractivity contribution >= 4 is 5.91 Å². The number of nitrogens with one attached hydrogen (secondary N) is 1. The Labute approximate surface area is 148 Å². The standard InChI is InChI=1S/C19H27N3O3/c1-13(8-9-23)12-20-18(24)15-7-5-6-14(10-15)17-21-16(25-22-17)11-19(2,3)4/h5-7,10,13,23H,8-9,11-12H2,1-4H3,(H,20,24). The van der Waals surface area contributed by atoms with Crippen molar-refractivity contribution in [2.45, 2.75) is 40.5 Å². The van der Waals surface area contributed by atoms with Crippen LogP contribution < -0.4 is 5.32 Å². The maximum atomic E-state index is 12.3. The summed E-state index contributed by atoms with van der Waals surface area (Å²) < 4.78 is 5.32. The van der Waals surface area contributed by atoms with Crippen molar-refractivity contribution in [3.63, 3.8) is 0 Å². The molecular formula is C19H27N3O3. The van der Waals surface area contributed by atoms with Crippen molar-refractivity contribution in [3.05, 3.63) is 35.7 Å². The summed E-state index contributed by atoms with van der Waals surface area (Å²) in [6.07, 6.45) is 1.36. The Hall–Kier alpha value is -2.21. The number of benzene rings is 1. The summed E-state index contributed by atoms with van der Waals surface area (Å²) in [6, 6.07) is 7.18. The molecule has 2 aromatic rings. The normalized spacial score (nSPS) is 12.8. The van der Waals surface area contributed by atoms with Crippen LogP contribution >= 0.6 is 0 Å². The molecule has 0 fully saturated rings. The molecule has 25 heavy (non-hydrogen) atoms. The molecule has 1 unspecified atom stereocenters. The van der Waals surface area contributed by atoms with Gasteiger partial charge in [0.25, 0.3) is 5.91 Å². The number of aromatic nitrogens is 2. The van der Waals surface area contributed by atoms with Crippen molar-refractivity contribution in [1.29, 1.82) is 0 Å². The highest BCUT2D eigenvalue weighted by Crippen LogP contribution is 2.22. The third-order valence-electron chi connectivity index (χ3n) is 3.77. The van der Waals surface area contributed by atoms with Gasteiger partial charge in [-0.15, -0.1) is 0 Å². The van der Waals surface area contributed by atoms with Crippen LogP contribution in [-0.2, 0) is 6.42 Å². The third kappa shape index (κ3) is 5.98. The molecule has 1 atom stereocenters.